The van der Waals surface area contributed by atoms with Crippen LogP contribution in [0.4, 0.5) is 13.2 Å². The number of alkyl halides is 3. The average Bonchev–Trinajstić information content (AvgIpc) is 3.51. The summed E-state index contributed by atoms with van der Waals surface area (Å²) in [4.78, 5) is 31.1. The van der Waals surface area contributed by atoms with Crippen molar-refractivity contribution in [3.05, 3.63) is 59.3 Å². The van der Waals surface area contributed by atoms with Gasteiger partial charge in [-0.15, -0.1) is 0 Å². The predicted molar refractivity (Wildman–Crippen MR) is 173 cm³/mol. The van der Waals surface area contributed by atoms with Gasteiger partial charge in [-0.1, -0.05) is 6.07 Å². The molecule has 1 aliphatic carbocycles. The highest BCUT2D eigenvalue weighted by molar-refractivity contribution is 7.85. The van der Waals surface area contributed by atoms with E-state index in [9.17, 15) is 44.7 Å². The number of carbonyl (C=O) groups excluding carboxylic acids is 2. The van der Waals surface area contributed by atoms with Gasteiger partial charge in [0.15, 0.2) is 0 Å². The minimum Gasteiger partial charge on any atom is -0.481 e. The first-order chi connectivity index (χ1) is 22.7. The minimum absolute atomic E-state index is 0.0791. The molecule has 0 radical (unpaired) electrons. The number of aliphatic hydroxyl groups is 1. The van der Waals surface area contributed by atoms with Gasteiger partial charge in [0.05, 0.1) is 36.3 Å². The van der Waals surface area contributed by atoms with Crippen molar-refractivity contribution in [1.29, 1.82) is 0 Å². The van der Waals surface area contributed by atoms with E-state index in [2.05, 4.69) is 20.5 Å². The Morgan fingerprint density at radius 3 is 2.10 bits per heavy atom. The van der Waals surface area contributed by atoms with Crippen LogP contribution in [-0.2, 0) is 36.8 Å². The van der Waals surface area contributed by atoms with E-state index in [1.54, 1.807) is 19.4 Å². The molecule has 1 saturated heterocycles. The van der Waals surface area contributed by atoms with E-state index in [1.807, 2.05) is 6.07 Å². The van der Waals surface area contributed by atoms with Crippen molar-refractivity contribution in [1.82, 2.24) is 20.5 Å². The van der Waals surface area contributed by atoms with E-state index in [4.69, 9.17) is 13.8 Å². The van der Waals surface area contributed by atoms with Gasteiger partial charge in [0.2, 0.25) is 11.8 Å². The number of halogens is 3. The Balaban J connectivity index is 0.000000594. The Hall–Kier alpha value is -3.36. The molecular formula is C30H43F3N4O10S2. The smallest absolute Gasteiger partial charge is 0.416 e. The number of pyridine rings is 1. The molecule has 2 aliphatic rings. The molecule has 0 unspecified atom stereocenters. The topological polar surface area (TPSA) is 213 Å². The first-order valence-electron chi connectivity index (χ1n) is 15.3. The van der Waals surface area contributed by atoms with Crippen molar-refractivity contribution in [2.75, 3.05) is 38.2 Å². The lowest BCUT2D eigenvalue weighted by Crippen LogP contribution is -2.45. The Bertz CT molecular complexity index is 1570. The van der Waals surface area contributed by atoms with E-state index in [-0.39, 0.29) is 29.7 Å². The van der Waals surface area contributed by atoms with Gasteiger partial charge in [0.25, 0.3) is 26.1 Å². The minimum atomic E-state index is -4.55. The second-order valence-corrected chi connectivity index (χ2v) is 14.9. The van der Waals surface area contributed by atoms with Crippen LogP contribution in [0.2, 0.25) is 0 Å². The molecule has 19 heteroatoms. The zero-order chi connectivity index (χ0) is 37.0. The summed E-state index contributed by atoms with van der Waals surface area (Å²) in [6.45, 7) is 3.90. The maximum Gasteiger partial charge on any atom is 0.416 e. The number of ether oxygens (including phenoxy) is 1. The van der Waals surface area contributed by atoms with Gasteiger partial charge >= 0.3 is 6.18 Å². The molecule has 1 aromatic heterocycles. The molecule has 5 N–H and O–H groups in total. The van der Waals surface area contributed by atoms with Gasteiger partial charge in [0, 0.05) is 48.6 Å². The monoisotopic (exact) mass is 740 g/mol. The summed E-state index contributed by atoms with van der Waals surface area (Å²) in [6, 6.07) is 7.89. The lowest BCUT2D eigenvalue weighted by Gasteiger charge is -2.39. The zero-order valence-electron chi connectivity index (χ0n) is 27.3. The van der Waals surface area contributed by atoms with Crippen molar-refractivity contribution in [2.24, 2.45) is 0 Å². The third-order valence-corrected chi connectivity index (χ3v) is 9.42. The van der Waals surface area contributed by atoms with Gasteiger partial charge in [-0.3, -0.25) is 23.6 Å². The number of carbonyl (C=O) groups is 2. The Labute approximate surface area is 283 Å². The second kappa shape index (κ2) is 18.0. The quantitative estimate of drug-likeness (QED) is 0.235. The number of rotatable bonds is 9. The third kappa shape index (κ3) is 14.6. The van der Waals surface area contributed by atoms with Crippen LogP contribution in [0.3, 0.4) is 0 Å². The SMILES string of the molecule is CCS(=O)(=O)O.CCS(=O)(=O)O.COc1ccc([C@]2(O)CC[C@@H](N3CC[C@@H](NC(=O)CNC(=O)c4cccc(C(F)(F)F)c4)C3)CC2)cn1. The van der Waals surface area contributed by atoms with Gasteiger partial charge < -0.3 is 20.5 Å². The fourth-order valence-corrected chi connectivity index (χ4v) is 5.13. The summed E-state index contributed by atoms with van der Waals surface area (Å²) >= 11 is 0. The second-order valence-electron chi connectivity index (χ2n) is 11.4. The Kier molecular flexibility index (Phi) is 15.4. The molecule has 2 aromatic rings. The van der Waals surface area contributed by atoms with E-state index in [0.717, 1.165) is 49.6 Å². The zero-order valence-corrected chi connectivity index (χ0v) is 28.9. The summed E-state index contributed by atoms with van der Waals surface area (Å²) in [5, 5.41) is 16.4. The fourth-order valence-electron chi connectivity index (χ4n) is 5.13. The van der Waals surface area contributed by atoms with Crippen LogP contribution in [-0.4, -0.2) is 103 Å². The number of methoxy groups -OCH3 is 1. The normalized spacial score (nSPS) is 21.3. The first kappa shape index (κ1) is 41.8. The number of nitrogens with one attached hydrogen (secondary N) is 2. The van der Waals surface area contributed by atoms with E-state index >= 15 is 0 Å². The highest BCUT2D eigenvalue weighted by Gasteiger charge is 2.39. The number of hydrogen-bond acceptors (Lipinski definition) is 10. The molecule has 1 atom stereocenters. The van der Waals surface area contributed by atoms with E-state index < -0.39 is 49.4 Å². The largest absolute Gasteiger partial charge is 0.481 e. The number of likely N-dealkylation sites (tertiary alicyclic amines) is 1. The van der Waals surface area contributed by atoms with Gasteiger partial charge in [-0.2, -0.15) is 30.0 Å². The van der Waals surface area contributed by atoms with Crippen molar-refractivity contribution in [3.8, 4) is 5.88 Å². The molecule has 2 heterocycles. The lowest BCUT2D eigenvalue weighted by molar-refractivity contribution is -0.137. The van der Waals surface area contributed by atoms with Crippen LogP contribution in [0, 0.1) is 0 Å². The summed E-state index contributed by atoms with van der Waals surface area (Å²) in [6.07, 6.45) is 0.725. The number of aromatic nitrogens is 1. The van der Waals surface area contributed by atoms with Crippen molar-refractivity contribution in [2.45, 2.75) is 69.8 Å². The average molecular weight is 741 g/mol. The molecule has 276 valence electrons. The summed E-state index contributed by atoms with van der Waals surface area (Å²) in [5.74, 6) is -1.03. The first-order valence-corrected chi connectivity index (χ1v) is 18.5. The van der Waals surface area contributed by atoms with Crippen LogP contribution in [0.25, 0.3) is 0 Å². The van der Waals surface area contributed by atoms with Crippen molar-refractivity contribution >= 4 is 32.1 Å². The van der Waals surface area contributed by atoms with Crippen LogP contribution in [0.15, 0.2) is 42.6 Å². The summed E-state index contributed by atoms with van der Waals surface area (Å²) < 4.78 is 97.5. The van der Waals surface area contributed by atoms with Crippen LogP contribution in [0.1, 0.15) is 67.4 Å². The number of hydrogen-bond donors (Lipinski definition) is 5. The lowest BCUT2D eigenvalue weighted by atomic mass is 9.78. The molecule has 1 aliphatic heterocycles. The number of amides is 2. The van der Waals surface area contributed by atoms with E-state index in [1.165, 1.54) is 19.9 Å². The van der Waals surface area contributed by atoms with E-state index in [0.29, 0.717) is 31.3 Å². The van der Waals surface area contributed by atoms with Crippen LogP contribution in [0.5, 0.6) is 5.88 Å². The molecule has 0 spiro atoms. The Morgan fingerprint density at radius 1 is 1.02 bits per heavy atom. The third-order valence-electron chi connectivity index (χ3n) is 7.96. The molecule has 14 nitrogen and oxygen atoms in total. The maximum absolute atomic E-state index is 12.9. The molecule has 1 saturated carbocycles. The predicted octanol–water partition coefficient (Wildman–Crippen LogP) is 2.65. The molecule has 2 fully saturated rings. The van der Waals surface area contributed by atoms with Crippen molar-refractivity contribution in [3.63, 3.8) is 0 Å². The fraction of sp³-hybridized carbons (Fsp3) is 0.567. The highest BCUT2D eigenvalue weighted by Crippen LogP contribution is 2.39. The molecule has 4 rings (SSSR count). The highest BCUT2D eigenvalue weighted by atomic mass is 32.2. The molecule has 1 aromatic carbocycles. The summed E-state index contributed by atoms with van der Waals surface area (Å²) in [5.41, 5.74) is -1.21. The van der Waals surface area contributed by atoms with Crippen LogP contribution >= 0.6 is 0 Å². The summed E-state index contributed by atoms with van der Waals surface area (Å²) in [7, 11) is -5.78. The van der Waals surface area contributed by atoms with Crippen molar-refractivity contribution < 1.29 is 58.5 Å². The van der Waals surface area contributed by atoms with Gasteiger partial charge in [0.1, 0.15) is 0 Å². The standard InChI is InChI=1S/C26H31F3N4O4.2C2H6O3S/c1-37-23-6-5-19(14-30-23)25(36)10-7-21(8-11-25)33-12-9-20(16-33)32-22(34)15-31-24(35)17-3-2-4-18(13-17)26(27,28)29;2*1-2-6(3,4)5/h2-6,13-14,20-21,36H,7-12,15-16H2,1H3,(H,31,35)(H,32,34);2*2H2,1H3,(H,3,4,5)/t20-,21-,25+;;/m1../s1. The molecular weight excluding hydrogens is 697 g/mol. The van der Waals surface area contributed by atoms with Crippen LogP contribution < -0.4 is 15.4 Å². The molecule has 2 amide bonds. The number of benzene rings is 1. The molecule has 0 bridgehead atoms. The number of nitrogens with zero attached hydrogens (tertiary/aromatic N) is 2. The molecule has 49 heavy (non-hydrogen) atoms. The van der Waals surface area contributed by atoms with Gasteiger partial charge in [-0.25, -0.2) is 4.98 Å². The van der Waals surface area contributed by atoms with Gasteiger partial charge in [-0.05, 0) is 70.2 Å². The maximum atomic E-state index is 12.9. The Morgan fingerprint density at radius 2 is 1.61 bits per heavy atom.